The molecule has 0 saturated heterocycles. The molecule has 0 radical (unpaired) electrons. The number of amides is 1. The molecule has 1 aromatic carbocycles. The van der Waals surface area contributed by atoms with E-state index in [9.17, 15) is 14.9 Å². The second-order valence-corrected chi connectivity index (χ2v) is 5.73. The van der Waals surface area contributed by atoms with Crippen LogP contribution in [-0.2, 0) is 0 Å². The van der Waals surface area contributed by atoms with Crippen molar-refractivity contribution in [2.75, 3.05) is 11.1 Å². The second-order valence-electron chi connectivity index (χ2n) is 3.84. The maximum atomic E-state index is 12.0. The Bertz CT molecular complexity index is 701. The molecular weight excluding hydrogens is 348 g/mol. The van der Waals surface area contributed by atoms with Crippen LogP contribution in [0.25, 0.3) is 0 Å². The Morgan fingerprint density at radius 3 is 2.75 bits per heavy atom. The minimum atomic E-state index is -0.510. The lowest BCUT2D eigenvalue weighted by atomic mass is 10.2. The van der Waals surface area contributed by atoms with E-state index in [1.807, 2.05) is 0 Å². The summed E-state index contributed by atoms with van der Waals surface area (Å²) in [5, 5.41) is 13.7. The summed E-state index contributed by atoms with van der Waals surface area (Å²) >= 11 is 4.18. The number of hydrogen-bond donors (Lipinski definition) is 2. The van der Waals surface area contributed by atoms with Gasteiger partial charge in [0, 0.05) is 11.8 Å². The summed E-state index contributed by atoms with van der Waals surface area (Å²) in [5.41, 5.74) is 6.46. The minimum Gasteiger partial charge on any atom is -0.375 e. The van der Waals surface area contributed by atoms with E-state index in [0.717, 1.165) is 11.3 Å². The number of nitrogens with two attached hydrogens (primary N) is 1. The number of nitrogens with one attached hydrogen (secondary N) is 1. The van der Waals surface area contributed by atoms with Crippen LogP contribution in [0.2, 0.25) is 0 Å². The average molecular weight is 357 g/mol. The summed E-state index contributed by atoms with van der Waals surface area (Å²) in [7, 11) is 0. The van der Waals surface area contributed by atoms with Gasteiger partial charge in [-0.3, -0.25) is 14.9 Å². The van der Waals surface area contributed by atoms with Crippen molar-refractivity contribution in [1.29, 1.82) is 0 Å². The Hall–Kier alpha value is -2.00. The Morgan fingerprint density at radius 1 is 1.55 bits per heavy atom. The highest BCUT2D eigenvalue weighted by atomic mass is 79.9. The Labute approximate surface area is 126 Å². The molecule has 20 heavy (non-hydrogen) atoms. The predicted molar refractivity (Wildman–Crippen MR) is 80.0 cm³/mol. The van der Waals surface area contributed by atoms with E-state index in [-0.39, 0.29) is 11.6 Å². The highest BCUT2D eigenvalue weighted by Crippen LogP contribution is 2.28. The summed E-state index contributed by atoms with van der Waals surface area (Å²) in [5.74, 6) is -0.350. The molecule has 2 rings (SSSR count). The molecule has 9 heteroatoms. The van der Waals surface area contributed by atoms with Gasteiger partial charge < -0.3 is 11.1 Å². The van der Waals surface area contributed by atoms with Gasteiger partial charge in [0.1, 0.15) is 4.88 Å². The molecular formula is C11H9BrN4O3S. The lowest BCUT2D eigenvalue weighted by molar-refractivity contribution is -0.385. The summed E-state index contributed by atoms with van der Waals surface area (Å²) < 4.78 is 0.292. The van der Waals surface area contributed by atoms with E-state index in [4.69, 9.17) is 5.73 Å². The number of aromatic nitrogens is 1. The van der Waals surface area contributed by atoms with Crippen LogP contribution in [0, 0.1) is 17.0 Å². The van der Waals surface area contributed by atoms with Crippen LogP contribution in [0.3, 0.4) is 0 Å². The largest absolute Gasteiger partial charge is 0.375 e. The van der Waals surface area contributed by atoms with Gasteiger partial charge in [0.2, 0.25) is 0 Å². The van der Waals surface area contributed by atoms with Crippen molar-refractivity contribution < 1.29 is 9.72 Å². The lowest BCUT2D eigenvalue weighted by Crippen LogP contribution is -2.11. The fraction of sp³-hybridized carbons (Fsp3) is 0.0909. The third kappa shape index (κ3) is 2.94. The molecule has 0 atom stereocenters. The Morgan fingerprint density at radius 2 is 2.25 bits per heavy atom. The monoisotopic (exact) mass is 356 g/mol. The quantitative estimate of drug-likeness (QED) is 0.648. The van der Waals surface area contributed by atoms with Gasteiger partial charge in [-0.05, 0) is 35.0 Å². The van der Waals surface area contributed by atoms with Crippen LogP contribution in [0.15, 0.2) is 22.7 Å². The third-order valence-corrected chi connectivity index (χ3v) is 4.04. The molecule has 0 spiro atoms. The molecule has 1 aromatic heterocycles. The van der Waals surface area contributed by atoms with Crippen molar-refractivity contribution in [1.82, 2.24) is 4.98 Å². The number of anilines is 2. The number of aryl methyl sites for hydroxylation is 1. The van der Waals surface area contributed by atoms with E-state index in [1.165, 1.54) is 18.2 Å². The summed E-state index contributed by atoms with van der Waals surface area (Å²) in [4.78, 5) is 26.6. The SMILES string of the molecule is Cc1nc(N)sc1C(=O)Nc1ccc([N+](=O)[O-])c(Br)c1. The van der Waals surface area contributed by atoms with Gasteiger partial charge in [0.25, 0.3) is 11.6 Å². The van der Waals surface area contributed by atoms with E-state index >= 15 is 0 Å². The van der Waals surface area contributed by atoms with Gasteiger partial charge in [0.15, 0.2) is 5.13 Å². The number of rotatable bonds is 3. The molecule has 0 bridgehead atoms. The van der Waals surface area contributed by atoms with Gasteiger partial charge in [-0.1, -0.05) is 11.3 Å². The molecule has 0 aliphatic carbocycles. The second kappa shape index (κ2) is 5.55. The Balaban J connectivity index is 2.22. The number of benzene rings is 1. The molecule has 3 N–H and O–H groups in total. The van der Waals surface area contributed by atoms with Crippen LogP contribution in [0.1, 0.15) is 15.4 Å². The fourth-order valence-corrected chi connectivity index (χ4v) is 2.80. The predicted octanol–water partition coefficient (Wildman–Crippen LogP) is 2.96. The lowest BCUT2D eigenvalue weighted by Gasteiger charge is -2.04. The van der Waals surface area contributed by atoms with E-state index in [0.29, 0.717) is 25.9 Å². The normalized spacial score (nSPS) is 10.3. The molecule has 0 aliphatic rings. The van der Waals surface area contributed by atoms with Gasteiger partial charge in [-0.2, -0.15) is 0 Å². The van der Waals surface area contributed by atoms with E-state index in [1.54, 1.807) is 6.92 Å². The van der Waals surface area contributed by atoms with Crippen LogP contribution < -0.4 is 11.1 Å². The van der Waals surface area contributed by atoms with E-state index < -0.39 is 4.92 Å². The number of halogens is 1. The first-order valence-electron chi connectivity index (χ1n) is 5.36. The van der Waals surface area contributed by atoms with Crippen LogP contribution in [0.5, 0.6) is 0 Å². The third-order valence-electron chi connectivity index (χ3n) is 2.42. The molecule has 7 nitrogen and oxygen atoms in total. The minimum absolute atomic E-state index is 0.0683. The number of nitrogens with zero attached hydrogens (tertiary/aromatic N) is 2. The highest BCUT2D eigenvalue weighted by Gasteiger charge is 2.16. The zero-order chi connectivity index (χ0) is 14.9. The van der Waals surface area contributed by atoms with Crippen LogP contribution >= 0.6 is 27.3 Å². The summed E-state index contributed by atoms with van der Waals surface area (Å²) in [6.07, 6.45) is 0. The highest BCUT2D eigenvalue weighted by molar-refractivity contribution is 9.10. The van der Waals surface area contributed by atoms with Crippen molar-refractivity contribution in [3.63, 3.8) is 0 Å². The zero-order valence-electron chi connectivity index (χ0n) is 10.2. The Kier molecular flexibility index (Phi) is 4.00. The first kappa shape index (κ1) is 14.4. The molecule has 1 heterocycles. The molecule has 2 aromatic rings. The molecule has 0 fully saturated rings. The molecule has 0 unspecified atom stereocenters. The van der Waals surface area contributed by atoms with Crippen molar-refractivity contribution in [2.24, 2.45) is 0 Å². The van der Waals surface area contributed by atoms with Gasteiger partial charge in [0.05, 0.1) is 15.1 Å². The maximum absolute atomic E-state index is 12.0. The summed E-state index contributed by atoms with van der Waals surface area (Å²) in [6.45, 7) is 1.69. The van der Waals surface area contributed by atoms with Crippen LogP contribution in [-0.4, -0.2) is 15.8 Å². The molecule has 104 valence electrons. The number of carbonyl (C=O) groups is 1. The first-order chi connectivity index (χ1) is 9.38. The first-order valence-corrected chi connectivity index (χ1v) is 6.97. The molecule has 0 saturated carbocycles. The van der Waals surface area contributed by atoms with Crippen LogP contribution in [0.4, 0.5) is 16.5 Å². The summed E-state index contributed by atoms with van der Waals surface area (Å²) in [6, 6.07) is 4.24. The zero-order valence-corrected chi connectivity index (χ0v) is 12.6. The number of nitro groups is 1. The molecule has 1 amide bonds. The maximum Gasteiger partial charge on any atom is 0.283 e. The van der Waals surface area contributed by atoms with Gasteiger partial charge >= 0.3 is 0 Å². The van der Waals surface area contributed by atoms with Crippen molar-refractivity contribution in [2.45, 2.75) is 6.92 Å². The number of nitrogen functional groups attached to an aromatic ring is 1. The van der Waals surface area contributed by atoms with Gasteiger partial charge in [-0.25, -0.2) is 4.98 Å². The number of carbonyl (C=O) groups excluding carboxylic acids is 1. The molecule has 0 aliphatic heterocycles. The van der Waals surface area contributed by atoms with Crippen molar-refractivity contribution in [3.8, 4) is 0 Å². The number of hydrogen-bond acceptors (Lipinski definition) is 6. The van der Waals surface area contributed by atoms with Crippen molar-refractivity contribution in [3.05, 3.63) is 43.4 Å². The smallest absolute Gasteiger partial charge is 0.283 e. The van der Waals surface area contributed by atoms with Crippen molar-refractivity contribution >= 4 is 49.7 Å². The fourth-order valence-electron chi connectivity index (χ4n) is 1.55. The van der Waals surface area contributed by atoms with Gasteiger partial charge in [-0.15, -0.1) is 0 Å². The number of thiazole rings is 1. The van der Waals surface area contributed by atoms with E-state index in [2.05, 4.69) is 26.2 Å². The number of nitro benzene ring substituents is 1. The average Bonchev–Trinajstić information content (AvgIpc) is 2.68. The topological polar surface area (TPSA) is 111 Å². The standard InChI is InChI=1S/C11H9BrN4O3S/c1-5-9(20-11(13)14-5)10(17)15-6-2-3-8(16(18)19)7(12)4-6/h2-4H,1H3,(H2,13,14)(H,15,17).